The quantitative estimate of drug-likeness (QED) is 0.493. The van der Waals surface area contributed by atoms with Crippen LogP contribution in [0.1, 0.15) is 43.9 Å². The molecule has 0 fully saturated rings. The van der Waals surface area contributed by atoms with E-state index in [0.717, 1.165) is 32.5 Å². The smallest absolute Gasteiger partial charge is 0.156 e. The van der Waals surface area contributed by atoms with E-state index in [0.29, 0.717) is 11.3 Å². The van der Waals surface area contributed by atoms with Crippen molar-refractivity contribution < 1.29 is 5.11 Å². The van der Waals surface area contributed by atoms with E-state index in [1.165, 1.54) is 11.1 Å². The van der Waals surface area contributed by atoms with Gasteiger partial charge in [0, 0.05) is 6.54 Å². The van der Waals surface area contributed by atoms with Gasteiger partial charge in [-0.25, -0.2) is 0 Å². The molecule has 0 bridgehead atoms. The van der Waals surface area contributed by atoms with Crippen LogP contribution in [-0.2, 0) is 11.8 Å². The van der Waals surface area contributed by atoms with E-state index in [4.69, 9.17) is 5.26 Å². The Labute approximate surface area is 156 Å². The zero-order chi connectivity index (χ0) is 19.0. The van der Waals surface area contributed by atoms with Crippen LogP contribution >= 0.6 is 0 Å². The van der Waals surface area contributed by atoms with Crippen LogP contribution in [0.3, 0.4) is 0 Å². The van der Waals surface area contributed by atoms with Crippen molar-refractivity contribution in [1.29, 1.82) is 5.26 Å². The zero-order valence-corrected chi connectivity index (χ0v) is 16.0. The highest BCUT2D eigenvalue weighted by molar-refractivity contribution is 5.62. The number of aromatic hydroxyl groups is 1. The molecule has 0 amide bonds. The van der Waals surface area contributed by atoms with Gasteiger partial charge in [0.15, 0.2) is 5.75 Å². The molecular formula is C22H29N3O. The topological polar surface area (TPSA) is 68.1 Å². The monoisotopic (exact) mass is 351 g/mol. The van der Waals surface area contributed by atoms with Gasteiger partial charge in [-0.15, -0.1) is 0 Å². The molecule has 0 radical (unpaired) electrons. The predicted octanol–water partition coefficient (Wildman–Crippen LogP) is 4.20. The van der Waals surface area contributed by atoms with Crippen LogP contribution in [-0.4, -0.2) is 24.7 Å². The number of para-hydroxylation sites is 1. The van der Waals surface area contributed by atoms with Crippen LogP contribution in [0.4, 0.5) is 5.69 Å². The summed E-state index contributed by atoms with van der Waals surface area (Å²) in [5.74, 6) is 0.0293. The number of hydrogen-bond donors (Lipinski definition) is 3. The van der Waals surface area contributed by atoms with Crippen molar-refractivity contribution in [2.45, 2.75) is 39.0 Å². The summed E-state index contributed by atoms with van der Waals surface area (Å²) in [4.78, 5) is 0. The molecule has 2 rings (SSSR count). The van der Waals surface area contributed by atoms with Crippen LogP contribution in [0.25, 0.3) is 0 Å². The van der Waals surface area contributed by atoms with Crippen molar-refractivity contribution in [2.75, 3.05) is 25.0 Å². The van der Waals surface area contributed by atoms with Crippen LogP contribution < -0.4 is 10.6 Å². The summed E-state index contributed by atoms with van der Waals surface area (Å²) < 4.78 is 0. The Morgan fingerprint density at radius 3 is 2.54 bits per heavy atom. The van der Waals surface area contributed by atoms with Crippen molar-refractivity contribution in [2.24, 2.45) is 0 Å². The summed E-state index contributed by atoms with van der Waals surface area (Å²) in [6.45, 7) is 9.31. The van der Waals surface area contributed by atoms with Gasteiger partial charge in [0.2, 0.25) is 0 Å². The van der Waals surface area contributed by atoms with E-state index >= 15 is 0 Å². The minimum absolute atomic E-state index is 0.0293. The number of phenolic OH excluding ortho intramolecular Hbond substituents is 1. The van der Waals surface area contributed by atoms with E-state index in [9.17, 15) is 5.11 Å². The molecule has 3 N–H and O–H groups in total. The normalized spacial score (nSPS) is 11.2. The second-order valence-corrected chi connectivity index (χ2v) is 7.54. The maximum Gasteiger partial charge on any atom is 0.156 e. The van der Waals surface area contributed by atoms with Crippen LogP contribution in [0.2, 0.25) is 0 Å². The first-order chi connectivity index (χ1) is 12.4. The Morgan fingerprint density at radius 1 is 1.04 bits per heavy atom. The summed E-state index contributed by atoms with van der Waals surface area (Å²) in [5, 5.41) is 25.5. The van der Waals surface area contributed by atoms with Gasteiger partial charge in [0.05, 0.1) is 11.3 Å². The molecule has 0 aliphatic rings. The van der Waals surface area contributed by atoms with Gasteiger partial charge < -0.3 is 15.7 Å². The van der Waals surface area contributed by atoms with E-state index < -0.39 is 0 Å². The van der Waals surface area contributed by atoms with Gasteiger partial charge in [-0.05, 0) is 54.6 Å². The van der Waals surface area contributed by atoms with Crippen LogP contribution in [0.5, 0.6) is 5.75 Å². The fraction of sp³-hybridized carbons (Fsp3) is 0.409. The third kappa shape index (κ3) is 5.79. The molecule has 0 aliphatic carbocycles. The van der Waals surface area contributed by atoms with E-state index in [1.54, 1.807) is 18.2 Å². The molecule has 4 heteroatoms. The number of rotatable bonds is 8. The van der Waals surface area contributed by atoms with Gasteiger partial charge in [-0.2, -0.15) is 5.26 Å². The number of hydrogen-bond acceptors (Lipinski definition) is 4. The summed E-state index contributed by atoms with van der Waals surface area (Å²) >= 11 is 0. The van der Waals surface area contributed by atoms with Gasteiger partial charge in [-0.3, -0.25) is 0 Å². The number of nitrogens with zero attached hydrogens (tertiary/aromatic N) is 1. The van der Waals surface area contributed by atoms with Crippen molar-refractivity contribution in [3.8, 4) is 11.8 Å². The minimum Gasteiger partial charge on any atom is -0.504 e. The second-order valence-electron chi connectivity index (χ2n) is 7.54. The number of nitriles is 1. The highest BCUT2D eigenvalue weighted by Crippen LogP contribution is 2.26. The molecule has 2 aromatic carbocycles. The lowest BCUT2D eigenvalue weighted by molar-refractivity contribution is 0.475. The first-order valence-corrected chi connectivity index (χ1v) is 9.18. The Hall–Kier alpha value is -2.51. The lowest BCUT2D eigenvalue weighted by Crippen LogP contribution is -2.21. The lowest BCUT2D eigenvalue weighted by atomic mass is 9.86. The fourth-order valence-corrected chi connectivity index (χ4v) is 2.76. The summed E-state index contributed by atoms with van der Waals surface area (Å²) in [7, 11) is 0. The first-order valence-electron chi connectivity index (χ1n) is 9.18. The molecular weight excluding hydrogens is 322 g/mol. The fourth-order valence-electron chi connectivity index (χ4n) is 2.76. The second kappa shape index (κ2) is 9.26. The average molecular weight is 351 g/mol. The largest absolute Gasteiger partial charge is 0.504 e. The van der Waals surface area contributed by atoms with E-state index in [2.05, 4.69) is 55.7 Å². The molecule has 0 aromatic heterocycles. The van der Waals surface area contributed by atoms with Crippen molar-refractivity contribution in [3.63, 3.8) is 0 Å². The molecule has 0 unspecified atom stereocenters. The number of benzene rings is 2. The standard InChI is InChI=1S/C22H29N3O/c1-22(2,3)19-9-4-7-17(15-19)11-14-24-12-6-13-25-20-10-5-8-18(16-23)21(20)26/h4-5,7-10,15,24-26H,6,11-14H2,1-3H3. The number of anilines is 1. The molecule has 0 heterocycles. The maximum atomic E-state index is 9.93. The van der Waals surface area contributed by atoms with E-state index in [-0.39, 0.29) is 11.2 Å². The molecule has 0 saturated heterocycles. The van der Waals surface area contributed by atoms with Gasteiger partial charge >= 0.3 is 0 Å². The van der Waals surface area contributed by atoms with Crippen molar-refractivity contribution in [3.05, 3.63) is 59.2 Å². The average Bonchev–Trinajstić information content (AvgIpc) is 2.61. The SMILES string of the molecule is CC(C)(C)c1cccc(CCNCCCNc2cccc(C#N)c2O)c1. The Kier molecular flexibility index (Phi) is 7.06. The summed E-state index contributed by atoms with van der Waals surface area (Å²) in [6, 6.07) is 16.0. The summed E-state index contributed by atoms with van der Waals surface area (Å²) in [6.07, 6.45) is 1.96. The molecule has 0 aliphatic heterocycles. The van der Waals surface area contributed by atoms with Crippen LogP contribution in [0, 0.1) is 11.3 Å². The Balaban J connectivity index is 1.67. The third-order valence-electron chi connectivity index (χ3n) is 4.39. The Morgan fingerprint density at radius 2 is 1.81 bits per heavy atom. The Bertz CT molecular complexity index is 757. The highest BCUT2D eigenvalue weighted by atomic mass is 16.3. The number of phenols is 1. The molecule has 0 spiro atoms. The van der Waals surface area contributed by atoms with Crippen molar-refractivity contribution >= 4 is 5.69 Å². The molecule has 0 saturated carbocycles. The predicted molar refractivity (Wildman–Crippen MR) is 108 cm³/mol. The minimum atomic E-state index is 0.0293. The number of nitrogens with one attached hydrogen (secondary N) is 2. The van der Waals surface area contributed by atoms with Crippen LogP contribution in [0.15, 0.2) is 42.5 Å². The highest BCUT2D eigenvalue weighted by Gasteiger charge is 2.13. The zero-order valence-electron chi connectivity index (χ0n) is 16.0. The maximum absolute atomic E-state index is 9.93. The molecule has 2 aromatic rings. The van der Waals surface area contributed by atoms with Gasteiger partial charge in [-0.1, -0.05) is 51.1 Å². The van der Waals surface area contributed by atoms with Gasteiger partial charge in [0.25, 0.3) is 0 Å². The first kappa shape index (κ1) is 19.8. The van der Waals surface area contributed by atoms with Crippen molar-refractivity contribution in [1.82, 2.24) is 5.32 Å². The molecule has 4 nitrogen and oxygen atoms in total. The molecule has 26 heavy (non-hydrogen) atoms. The molecule has 138 valence electrons. The lowest BCUT2D eigenvalue weighted by Gasteiger charge is -2.19. The van der Waals surface area contributed by atoms with Gasteiger partial charge in [0.1, 0.15) is 6.07 Å². The van der Waals surface area contributed by atoms with E-state index in [1.807, 2.05) is 6.07 Å². The molecule has 0 atom stereocenters. The third-order valence-corrected chi connectivity index (χ3v) is 4.39. The summed E-state index contributed by atoms with van der Waals surface area (Å²) in [5.41, 5.74) is 3.83.